The first-order chi connectivity index (χ1) is 19.2. The van der Waals surface area contributed by atoms with Crippen LogP contribution in [-0.4, -0.2) is 43.8 Å². The van der Waals surface area contributed by atoms with E-state index in [-0.39, 0.29) is 48.1 Å². The number of amides is 2. The van der Waals surface area contributed by atoms with Crippen molar-refractivity contribution >= 4 is 21.8 Å². The van der Waals surface area contributed by atoms with E-state index in [2.05, 4.69) is 16.6 Å². The number of nitrogens with one attached hydrogen (secondary N) is 2. The molecule has 0 aliphatic heterocycles. The van der Waals surface area contributed by atoms with E-state index >= 15 is 0 Å². The molecule has 2 amide bonds. The van der Waals surface area contributed by atoms with Gasteiger partial charge in [-0.25, -0.2) is 17.5 Å². The maximum Gasteiger partial charge on any atom is 0.243 e. The standard InChI is InChI=1S/C31H34FN3O4S/c1-2-20-33-31(37)29(21-24-6-4-3-5-7-24)35(22-25-8-13-26(32)14-9-25)30(36)19-12-23-10-17-28(18-11-23)40(38,39)34-27-15-16-27/h2-11,13-14,17-18,27,29,34H,1,12,15-16,19-22H2,(H,33,37)/t29-/m1/s1. The molecular weight excluding hydrogens is 529 g/mol. The topological polar surface area (TPSA) is 95.6 Å². The van der Waals surface area contributed by atoms with Crippen molar-refractivity contribution in [2.75, 3.05) is 6.54 Å². The van der Waals surface area contributed by atoms with Crippen LogP contribution >= 0.6 is 0 Å². The van der Waals surface area contributed by atoms with Gasteiger partial charge in [-0.3, -0.25) is 9.59 Å². The van der Waals surface area contributed by atoms with Crippen molar-refractivity contribution < 1.29 is 22.4 Å². The lowest BCUT2D eigenvalue weighted by atomic mass is 10.0. The van der Waals surface area contributed by atoms with Gasteiger partial charge in [-0.15, -0.1) is 6.58 Å². The fourth-order valence-corrected chi connectivity index (χ4v) is 5.65. The third-order valence-electron chi connectivity index (χ3n) is 6.72. The van der Waals surface area contributed by atoms with Crippen LogP contribution in [0.15, 0.2) is 96.4 Å². The zero-order valence-electron chi connectivity index (χ0n) is 22.3. The fourth-order valence-electron chi connectivity index (χ4n) is 4.35. The van der Waals surface area contributed by atoms with Gasteiger partial charge in [-0.1, -0.05) is 60.7 Å². The zero-order valence-corrected chi connectivity index (χ0v) is 23.1. The summed E-state index contributed by atoms with van der Waals surface area (Å²) in [6.45, 7) is 4.05. The fraction of sp³-hybridized carbons (Fsp3) is 0.290. The maximum atomic E-state index is 13.7. The van der Waals surface area contributed by atoms with E-state index in [0.717, 1.165) is 24.0 Å². The molecule has 3 aromatic rings. The highest BCUT2D eigenvalue weighted by Crippen LogP contribution is 2.23. The van der Waals surface area contributed by atoms with Crippen LogP contribution in [0.1, 0.15) is 36.0 Å². The lowest BCUT2D eigenvalue weighted by molar-refractivity contribution is -0.141. The molecule has 40 heavy (non-hydrogen) atoms. The molecule has 0 bridgehead atoms. The van der Waals surface area contributed by atoms with Crippen molar-refractivity contribution in [1.29, 1.82) is 0 Å². The minimum absolute atomic E-state index is 0.0156. The van der Waals surface area contributed by atoms with Crippen LogP contribution in [0.3, 0.4) is 0 Å². The van der Waals surface area contributed by atoms with Gasteiger partial charge >= 0.3 is 0 Å². The van der Waals surface area contributed by atoms with Crippen LogP contribution < -0.4 is 10.0 Å². The largest absolute Gasteiger partial charge is 0.351 e. The minimum Gasteiger partial charge on any atom is -0.351 e. The van der Waals surface area contributed by atoms with Gasteiger partial charge in [0.1, 0.15) is 11.9 Å². The number of carbonyl (C=O) groups excluding carboxylic acids is 2. The summed E-state index contributed by atoms with van der Waals surface area (Å²) in [5.74, 6) is -0.938. The molecule has 1 atom stereocenters. The van der Waals surface area contributed by atoms with E-state index in [1.165, 1.54) is 17.0 Å². The predicted molar refractivity (Wildman–Crippen MR) is 152 cm³/mol. The summed E-state index contributed by atoms with van der Waals surface area (Å²) in [4.78, 5) is 28.7. The van der Waals surface area contributed by atoms with Crippen LogP contribution in [0.4, 0.5) is 4.39 Å². The second-order valence-corrected chi connectivity index (χ2v) is 11.6. The molecule has 1 fully saturated rings. The molecule has 210 valence electrons. The number of benzene rings is 3. The van der Waals surface area contributed by atoms with Crippen LogP contribution in [0.25, 0.3) is 0 Å². The number of aryl methyl sites for hydroxylation is 1. The average molecular weight is 564 g/mol. The van der Waals surface area contributed by atoms with Crippen molar-refractivity contribution in [3.05, 3.63) is 114 Å². The van der Waals surface area contributed by atoms with Gasteiger partial charge in [0.2, 0.25) is 21.8 Å². The molecule has 9 heteroatoms. The molecule has 1 aliphatic rings. The zero-order chi connectivity index (χ0) is 28.5. The van der Waals surface area contributed by atoms with Crippen molar-refractivity contribution in [3.63, 3.8) is 0 Å². The molecule has 4 rings (SSSR count). The molecule has 0 saturated heterocycles. The Labute approximate surface area is 235 Å². The summed E-state index contributed by atoms with van der Waals surface area (Å²) in [5.41, 5.74) is 2.40. The average Bonchev–Trinajstić information content (AvgIpc) is 3.77. The minimum atomic E-state index is -3.56. The summed E-state index contributed by atoms with van der Waals surface area (Å²) >= 11 is 0. The van der Waals surface area contributed by atoms with E-state index < -0.39 is 16.1 Å². The lowest BCUT2D eigenvalue weighted by Crippen LogP contribution is -2.50. The highest BCUT2D eigenvalue weighted by atomic mass is 32.2. The first-order valence-corrected chi connectivity index (χ1v) is 14.8. The van der Waals surface area contributed by atoms with Gasteiger partial charge in [0.15, 0.2) is 0 Å². The van der Waals surface area contributed by atoms with Crippen molar-refractivity contribution in [2.24, 2.45) is 0 Å². The van der Waals surface area contributed by atoms with Gasteiger partial charge < -0.3 is 10.2 Å². The maximum absolute atomic E-state index is 13.7. The molecule has 1 aliphatic carbocycles. The first-order valence-electron chi connectivity index (χ1n) is 13.3. The number of hydrogen-bond acceptors (Lipinski definition) is 4. The third kappa shape index (κ3) is 8.34. The smallest absolute Gasteiger partial charge is 0.243 e. The van der Waals surface area contributed by atoms with Crippen LogP contribution in [0, 0.1) is 5.82 Å². The Balaban J connectivity index is 1.53. The second kappa shape index (κ2) is 13.5. The molecule has 0 radical (unpaired) electrons. The van der Waals surface area contributed by atoms with Crippen molar-refractivity contribution in [2.45, 2.75) is 55.6 Å². The highest BCUT2D eigenvalue weighted by molar-refractivity contribution is 7.89. The Morgan fingerprint density at radius 2 is 1.60 bits per heavy atom. The van der Waals surface area contributed by atoms with Crippen molar-refractivity contribution in [3.8, 4) is 0 Å². The molecular formula is C31H34FN3O4S. The summed E-state index contributed by atoms with van der Waals surface area (Å²) in [6, 6.07) is 21.0. The molecule has 0 spiro atoms. The Hall–Kier alpha value is -3.82. The third-order valence-corrected chi connectivity index (χ3v) is 8.25. The lowest BCUT2D eigenvalue weighted by Gasteiger charge is -2.31. The Morgan fingerprint density at radius 1 is 0.950 bits per heavy atom. The predicted octanol–water partition coefficient (Wildman–Crippen LogP) is 4.14. The molecule has 0 unspecified atom stereocenters. The van der Waals surface area contributed by atoms with Gasteiger partial charge in [-0.05, 0) is 60.2 Å². The van der Waals surface area contributed by atoms with Crippen LogP contribution in [0.2, 0.25) is 0 Å². The normalized spacial score (nSPS) is 13.8. The number of rotatable bonds is 14. The quantitative estimate of drug-likeness (QED) is 0.288. The first kappa shape index (κ1) is 29.2. The number of sulfonamides is 1. The van der Waals surface area contributed by atoms with Crippen molar-refractivity contribution in [1.82, 2.24) is 14.9 Å². The van der Waals surface area contributed by atoms with E-state index in [1.807, 2.05) is 30.3 Å². The van der Waals surface area contributed by atoms with E-state index in [4.69, 9.17) is 0 Å². The SMILES string of the molecule is C=CCNC(=O)[C@@H](Cc1ccccc1)N(Cc1ccc(F)cc1)C(=O)CCc1ccc(S(=O)(=O)NC2CC2)cc1. The summed E-state index contributed by atoms with van der Waals surface area (Å²) in [6.07, 6.45) is 4.05. The Morgan fingerprint density at radius 3 is 2.23 bits per heavy atom. The molecule has 2 N–H and O–H groups in total. The Kier molecular flexibility index (Phi) is 9.84. The molecule has 3 aromatic carbocycles. The number of hydrogen-bond donors (Lipinski definition) is 2. The molecule has 0 aromatic heterocycles. The monoisotopic (exact) mass is 563 g/mol. The number of nitrogens with zero attached hydrogens (tertiary/aromatic N) is 1. The molecule has 1 saturated carbocycles. The second-order valence-electron chi connectivity index (χ2n) is 9.93. The van der Waals surface area contributed by atoms with E-state index in [0.29, 0.717) is 18.4 Å². The highest BCUT2D eigenvalue weighted by Gasteiger charge is 2.30. The summed E-state index contributed by atoms with van der Waals surface area (Å²) in [7, 11) is -3.56. The van der Waals surface area contributed by atoms with Gasteiger partial charge in [-0.2, -0.15) is 0 Å². The summed E-state index contributed by atoms with van der Waals surface area (Å²) < 4.78 is 41.2. The van der Waals surface area contributed by atoms with E-state index in [1.54, 1.807) is 42.5 Å². The molecule has 0 heterocycles. The summed E-state index contributed by atoms with van der Waals surface area (Å²) in [5, 5.41) is 2.82. The molecule has 7 nitrogen and oxygen atoms in total. The van der Waals surface area contributed by atoms with Crippen LogP contribution in [-0.2, 0) is 39.0 Å². The van der Waals surface area contributed by atoms with Gasteiger partial charge in [0.25, 0.3) is 0 Å². The number of halogens is 1. The van der Waals surface area contributed by atoms with Gasteiger partial charge in [0.05, 0.1) is 4.90 Å². The van der Waals surface area contributed by atoms with Crippen LogP contribution in [0.5, 0.6) is 0 Å². The van der Waals surface area contributed by atoms with Gasteiger partial charge in [0, 0.05) is 32.0 Å². The Bertz CT molecular complexity index is 1410. The number of carbonyl (C=O) groups is 2. The van der Waals surface area contributed by atoms with E-state index in [9.17, 15) is 22.4 Å².